The number of hydrogen-bond acceptors (Lipinski definition) is 3. The zero-order valence-corrected chi connectivity index (χ0v) is 14.1. The summed E-state index contributed by atoms with van der Waals surface area (Å²) in [6.07, 6.45) is 3.36. The Kier molecular flexibility index (Phi) is 7.27. The second kappa shape index (κ2) is 8.70. The number of nitrogens with zero attached hydrogens (tertiary/aromatic N) is 1. The van der Waals surface area contributed by atoms with Gasteiger partial charge in [0.05, 0.1) is 6.54 Å². The molecule has 1 atom stereocenters. The molecule has 0 spiro atoms. The van der Waals surface area contributed by atoms with Crippen LogP contribution in [0.2, 0.25) is 0 Å². The van der Waals surface area contributed by atoms with Gasteiger partial charge in [-0.3, -0.25) is 4.79 Å². The Morgan fingerprint density at radius 2 is 1.95 bits per heavy atom. The van der Waals surface area contributed by atoms with Crippen LogP contribution >= 0.6 is 0 Å². The van der Waals surface area contributed by atoms with Crippen molar-refractivity contribution in [2.24, 2.45) is 0 Å². The summed E-state index contributed by atoms with van der Waals surface area (Å²) in [6.45, 7) is 3.76. The number of likely N-dealkylation sites (N-methyl/N-ethyl adjacent to an activating group) is 1. The molecule has 0 aliphatic carbocycles. The summed E-state index contributed by atoms with van der Waals surface area (Å²) in [5, 5.41) is 3.90. The number of hydrogen-bond donors (Lipinski definition) is 1. The molecule has 1 amide bonds. The molecule has 22 heavy (non-hydrogen) atoms. The van der Waals surface area contributed by atoms with Crippen molar-refractivity contribution in [1.82, 2.24) is 9.62 Å². The number of benzene rings is 1. The van der Waals surface area contributed by atoms with Crippen LogP contribution in [0.4, 0.5) is 0 Å². The van der Waals surface area contributed by atoms with Crippen molar-refractivity contribution in [3.05, 3.63) is 41.3 Å². The molecule has 0 bridgehead atoms. The molecule has 5 nitrogen and oxygen atoms in total. The SMILES string of the molecule is CCCC(C)NC(=O)CN(C)S(=O)(=O)/C=C/c1ccccc1. The Labute approximate surface area is 133 Å². The quantitative estimate of drug-likeness (QED) is 0.797. The van der Waals surface area contributed by atoms with Gasteiger partial charge >= 0.3 is 0 Å². The first-order valence-corrected chi connectivity index (χ1v) is 8.84. The molecular formula is C16H24N2O3S. The van der Waals surface area contributed by atoms with E-state index in [1.807, 2.05) is 44.2 Å². The van der Waals surface area contributed by atoms with Gasteiger partial charge in [0, 0.05) is 18.5 Å². The largest absolute Gasteiger partial charge is 0.353 e. The summed E-state index contributed by atoms with van der Waals surface area (Å²) in [6, 6.07) is 9.20. The van der Waals surface area contributed by atoms with Crippen molar-refractivity contribution in [2.75, 3.05) is 13.6 Å². The Morgan fingerprint density at radius 1 is 1.32 bits per heavy atom. The van der Waals surface area contributed by atoms with Crippen molar-refractivity contribution in [3.63, 3.8) is 0 Å². The summed E-state index contributed by atoms with van der Waals surface area (Å²) >= 11 is 0. The molecule has 0 heterocycles. The molecule has 6 heteroatoms. The predicted octanol–water partition coefficient (Wildman–Crippen LogP) is 2.22. The van der Waals surface area contributed by atoms with E-state index in [-0.39, 0.29) is 18.5 Å². The number of nitrogens with one attached hydrogen (secondary N) is 1. The van der Waals surface area contributed by atoms with Crippen molar-refractivity contribution < 1.29 is 13.2 Å². The Balaban J connectivity index is 2.61. The highest BCUT2D eigenvalue weighted by Gasteiger charge is 2.18. The number of carbonyl (C=O) groups excluding carboxylic acids is 1. The lowest BCUT2D eigenvalue weighted by Gasteiger charge is -2.17. The van der Waals surface area contributed by atoms with Gasteiger partial charge in [0.2, 0.25) is 15.9 Å². The lowest BCUT2D eigenvalue weighted by atomic mass is 10.2. The van der Waals surface area contributed by atoms with Gasteiger partial charge in [-0.05, 0) is 25.0 Å². The predicted molar refractivity (Wildman–Crippen MR) is 89.5 cm³/mol. The molecule has 0 saturated carbocycles. The van der Waals surface area contributed by atoms with E-state index >= 15 is 0 Å². The van der Waals surface area contributed by atoms with Crippen LogP contribution < -0.4 is 5.32 Å². The molecule has 1 rings (SSSR count). The second-order valence-corrected chi connectivity index (χ2v) is 7.20. The zero-order valence-electron chi connectivity index (χ0n) is 13.3. The molecular weight excluding hydrogens is 300 g/mol. The van der Waals surface area contributed by atoms with Crippen LogP contribution in [0.15, 0.2) is 35.7 Å². The summed E-state index contributed by atoms with van der Waals surface area (Å²) in [4.78, 5) is 11.8. The van der Waals surface area contributed by atoms with E-state index in [4.69, 9.17) is 0 Å². The first-order valence-electron chi connectivity index (χ1n) is 7.34. The Hall–Kier alpha value is -1.66. The van der Waals surface area contributed by atoms with Crippen LogP contribution in [0, 0.1) is 0 Å². The smallest absolute Gasteiger partial charge is 0.236 e. The van der Waals surface area contributed by atoms with E-state index in [1.54, 1.807) is 0 Å². The molecule has 1 aromatic rings. The van der Waals surface area contributed by atoms with Crippen molar-refractivity contribution >= 4 is 22.0 Å². The van der Waals surface area contributed by atoms with Gasteiger partial charge in [-0.2, -0.15) is 4.31 Å². The minimum atomic E-state index is -3.61. The summed E-state index contributed by atoms with van der Waals surface area (Å²) < 4.78 is 25.3. The van der Waals surface area contributed by atoms with Crippen LogP contribution in [-0.4, -0.2) is 38.3 Å². The van der Waals surface area contributed by atoms with Crippen LogP contribution in [0.25, 0.3) is 6.08 Å². The molecule has 122 valence electrons. The standard InChI is InChI=1S/C16H24N2O3S/c1-4-8-14(2)17-16(19)13-18(3)22(20,21)12-11-15-9-6-5-7-10-15/h5-7,9-12,14H,4,8,13H2,1-3H3,(H,17,19)/b12-11+. The fourth-order valence-corrected chi connectivity index (χ4v) is 2.78. The average molecular weight is 324 g/mol. The normalized spacial score (nSPS) is 13.5. The lowest BCUT2D eigenvalue weighted by molar-refractivity contribution is -0.121. The van der Waals surface area contributed by atoms with Crippen LogP contribution in [-0.2, 0) is 14.8 Å². The van der Waals surface area contributed by atoms with Crippen LogP contribution in [0.3, 0.4) is 0 Å². The zero-order chi connectivity index (χ0) is 16.6. The van der Waals surface area contributed by atoms with Crippen molar-refractivity contribution in [1.29, 1.82) is 0 Å². The maximum atomic E-state index is 12.1. The topological polar surface area (TPSA) is 66.5 Å². The highest BCUT2D eigenvalue weighted by molar-refractivity contribution is 7.92. The van der Waals surface area contributed by atoms with E-state index < -0.39 is 10.0 Å². The van der Waals surface area contributed by atoms with E-state index in [1.165, 1.54) is 13.1 Å². The van der Waals surface area contributed by atoms with Crippen molar-refractivity contribution in [3.8, 4) is 0 Å². The third-order valence-electron chi connectivity index (χ3n) is 3.16. The molecule has 0 aliphatic heterocycles. The van der Waals surface area contributed by atoms with E-state index in [0.717, 1.165) is 28.1 Å². The fourth-order valence-electron chi connectivity index (χ4n) is 1.95. The maximum Gasteiger partial charge on any atom is 0.236 e. The van der Waals surface area contributed by atoms with Crippen molar-refractivity contribution in [2.45, 2.75) is 32.7 Å². The molecule has 1 aromatic carbocycles. The lowest BCUT2D eigenvalue weighted by Crippen LogP contribution is -2.41. The minimum Gasteiger partial charge on any atom is -0.353 e. The number of amides is 1. The highest BCUT2D eigenvalue weighted by Crippen LogP contribution is 2.06. The third-order valence-corrected chi connectivity index (χ3v) is 4.64. The number of rotatable bonds is 8. The van der Waals surface area contributed by atoms with Gasteiger partial charge < -0.3 is 5.32 Å². The van der Waals surface area contributed by atoms with E-state index in [9.17, 15) is 13.2 Å². The van der Waals surface area contributed by atoms with Gasteiger partial charge in [0.1, 0.15) is 0 Å². The van der Waals surface area contributed by atoms with Gasteiger partial charge in [-0.15, -0.1) is 0 Å². The Morgan fingerprint density at radius 3 is 2.55 bits per heavy atom. The second-order valence-electron chi connectivity index (χ2n) is 5.27. The maximum absolute atomic E-state index is 12.1. The molecule has 0 aliphatic rings. The number of sulfonamides is 1. The average Bonchev–Trinajstić information content (AvgIpc) is 2.46. The summed E-state index contributed by atoms with van der Waals surface area (Å²) in [7, 11) is -2.21. The van der Waals surface area contributed by atoms with Gasteiger partial charge in [0.15, 0.2) is 0 Å². The third kappa shape index (κ3) is 6.41. The fraction of sp³-hybridized carbons (Fsp3) is 0.438. The molecule has 1 N–H and O–H groups in total. The van der Waals surface area contributed by atoms with Gasteiger partial charge in [-0.25, -0.2) is 8.42 Å². The summed E-state index contributed by atoms with van der Waals surface area (Å²) in [5.41, 5.74) is 0.792. The number of carbonyl (C=O) groups is 1. The first kappa shape index (κ1) is 18.4. The van der Waals surface area contributed by atoms with E-state index in [0.29, 0.717) is 0 Å². The molecule has 1 unspecified atom stereocenters. The van der Waals surface area contributed by atoms with Crippen LogP contribution in [0.1, 0.15) is 32.3 Å². The first-order chi connectivity index (χ1) is 10.3. The Bertz CT molecular complexity index is 597. The van der Waals surface area contributed by atoms with E-state index in [2.05, 4.69) is 5.32 Å². The molecule has 0 fully saturated rings. The van der Waals surface area contributed by atoms with Gasteiger partial charge in [-0.1, -0.05) is 43.7 Å². The highest BCUT2D eigenvalue weighted by atomic mass is 32.2. The molecule has 0 radical (unpaired) electrons. The van der Waals surface area contributed by atoms with Gasteiger partial charge in [0.25, 0.3) is 0 Å². The monoisotopic (exact) mass is 324 g/mol. The minimum absolute atomic E-state index is 0.0495. The molecule has 0 saturated heterocycles. The summed E-state index contributed by atoms with van der Waals surface area (Å²) in [5.74, 6) is -0.292. The van der Waals surface area contributed by atoms with Crippen LogP contribution in [0.5, 0.6) is 0 Å². The molecule has 0 aromatic heterocycles.